The predicted octanol–water partition coefficient (Wildman–Crippen LogP) is 6.68. The molecule has 0 radical (unpaired) electrons. The van der Waals surface area contributed by atoms with Crippen LogP contribution in [0.5, 0.6) is 11.5 Å². The lowest BCUT2D eigenvalue weighted by Crippen LogP contribution is -2.27. The highest BCUT2D eigenvalue weighted by Gasteiger charge is 2.30. The van der Waals surface area contributed by atoms with Crippen LogP contribution in [0.25, 0.3) is 0 Å². The predicted molar refractivity (Wildman–Crippen MR) is 140 cm³/mol. The first-order valence-corrected chi connectivity index (χ1v) is 11.8. The molecule has 0 saturated heterocycles. The number of halogens is 3. The van der Waals surface area contributed by atoms with Crippen LogP contribution in [-0.2, 0) is 27.2 Å². The van der Waals surface area contributed by atoms with E-state index in [1.807, 2.05) is 12.1 Å². The molecule has 0 saturated carbocycles. The first-order chi connectivity index (χ1) is 18.6. The van der Waals surface area contributed by atoms with E-state index >= 15 is 0 Å². The highest BCUT2D eigenvalue weighted by molar-refractivity contribution is 6.11. The normalized spacial score (nSPS) is 11.5. The molecule has 3 rings (SSSR count). The topological polar surface area (TPSA) is 81.6 Å². The molecule has 0 bridgehead atoms. The van der Waals surface area contributed by atoms with Gasteiger partial charge in [-0.3, -0.25) is 15.2 Å². The smallest absolute Gasteiger partial charge is 0.416 e. The van der Waals surface area contributed by atoms with Crippen LogP contribution in [0.1, 0.15) is 23.6 Å². The largest absolute Gasteiger partial charge is 0.457 e. The molecule has 8 nitrogen and oxygen atoms in total. The zero-order valence-electron chi connectivity index (χ0n) is 21.6. The molecule has 0 unspecified atom stereocenters. The highest BCUT2D eigenvalue weighted by Crippen LogP contribution is 2.31. The lowest BCUT2D eigenvalue weighted by atomic mass is 10.1. The van der Waals surface area contributed by atoms with E-state index in [0.29, 0.717) is 35.0 Å². The molecule has 1 N–H and O–H groups in total. The number of benzene rings is 3. The van der Waals surface area contributed by atoms with Crippen molar-refractivity contribution in [3.05, 3.63) is 102 Å². The quantitative estimate of drug-likeness (QED) is 0.215. The Morgan fingerprint density at radius 2 is 1.62 bits per heavy atom. The Balaban J connectivity index is 1.67. The number of ether oxygens (including phenoxy) is 2. The maximum Gasteiger partial charge on any atom is 0.416 e. The van der Waals surface area contributed by atoms with Crippen molar-refractivity contribution in [1.82, 2.24) is 5.48 Å². The number of allylic oxidation sites excluding steroid dienone is 1. The van der Waals surface area contributed by atoms with Crippen molar-refractivity contribution in [2.45, 2.75) is 19.7 Å². The maximum absolute atomic E-state index is 12.8. The van der Waals surface area contributed by atoms with Gasteiger partial charge in [-0.25, -0.2) is 4.79 Å². The molecule has 3 aromatic carbocycles. The minimum Gasteiger partial charge on any atom is -0.457 e. The Kier molecular flexibility index (Phi) is 9.93. The molecule has 0 spiro atoms. The number of nitrogens with one attached hydrogen (secondary N) is 1. The molecule has 0 aliphatic carbocycles. The molecule has 0 atom stereocenters. The van der Waals surface area contributed by atoms with Crippen molar-refractivity contribution in [2.75, 3.05) is 25.7 Å². The third-order valence-electron chi connectivity index (χ3n) is 5.34. The fraction of sp³-hybridized carbons (Fsp3) is 0.214. The summed E-state index contributed by atoms with van der Waals surface area (Å²) in [6.07, 6.45) is -4.93. The number of carbonyl (C=O) groups is 1. The van der Waals surface area contributed by atoms with Gasteiger partial charge in [-0.05, 0) is 61.5 Å². The van der Waals surface area contributed by atoms with Crippen LogP contribution in [0.3, 0.4) is 0 Å². The van der Waals surface area contributed by atoms with Gasteiger partial charge in [0.15, 0.2) is 0 Å². The maximum atomic E-state index is 12.8. The van der Waals surface area contributed by atoms with Crippen LogP contribution in [0, 0.1) is 0 Å². The zero-order valence-corrected chi connectivity index (χ0v) is 21.6. The van der Waals surface area contributed by atoms with Gasteiger partial charge >= 0.3 is 12.3 Å². The number of para-hydroxylation sites is 1. The molecule has 206 valence electrons. The lowest BCUT2D eigenvalue weighted by molar-refractivity contribution is -0.137. The number of methoxy groups -OCH3 is 1. The number of anilines is 1. The summed E-state index contributed by atoms with van der Waals surface area (Å²) in [7, 11) is 2.89. The molecule has 3 aromatic rings. The fourth-order valence-corrected chi connectivity index (χ4v) is 3.38. The van der Waals surface area contributed by atoms with Gasteiger partial charge in [0.05, 0.1) is 24.1 Å². The molecule has 0 aliphatic heterocycles. The lowest BCUT2D eigenvalue weighted by Gasteiger charge is -2.19. The summed E-state index contributed by atoms with van der Waals surface area (Å²) in [6.45, 7) is 6.17. The van der Waals surface area contributed by atoms with Crippen LogP contribution in [-0.4, -0.2) is 32.6 Å². The van der Waals surface area contributed by atoms with Crippen molar-refractivity contribution < 1.29 is 37.1 Å². The van der Waals surface area contributed by atoms with Gasteiger partial charge in [0.25, 0.3) is 0 Å². The Morgan fingerprint density at radius 3 is 2.21 bits per heavy atom. The standard InChI is InChI=1S/C28H28F3N3O5/c1-5-37-33-26(19(2)32-38-18-21-8-6-7-9-25(21)34(3)27(35)36-4)20-10-14-23(15-11-20)39-24-16-12-22(13-17-24)28(29,30)31/h6-17,32H,2,5,18H2,1,3-4H3. The number of hydrogen-bond acceptors (Lipinski definition) is 7. The van der Waals surface area contributed by atoms with Crippen molar-refractivity contribution in [2.24, 2.45) is 5.16 Å². The summed E-state index contributed by atoms with van der Waals surface area (Å²) in [5, 5.41) is 4.12. The number of oxime groups is 1. The van der Waals surface area contributed by atoms with Gasteiger partial charge in [-0.15, -0.1) is 0 Å². The van der Waals surface area contributed by atoms with Crippen molar-refractivity contribution in [3.63, 3.8) is 0 Å². The first kappa shape index (κ1) is 29.1. The number of amides is 1. The van der Waals surface area contributed by atoms with Gasteiger partial charge in [-0.2, -0.15) is 13.2 Å². The van der Waals surface area contributed by atoms with Gasteiger partial charge in [-0.1, -0.05) is 29.9 Å². The summed E-state index contributed by atoms with van der Waals surface area (Å²) in [5.41, 5.74) is 4.62. The zero-order chi connectivity index (χ0) is 28.4. The van der Waals surface area contributed by atoms with Crippen molar-refractivity contribution in [1.29, 1.82) is 0 Å². The van der Waals surface area contributed by atoms with E-state index in [9.17, 15) is 18.0 Å². The molecule has 0 aliphatic rings. The van der Waals surface area contributed by atoms with Crippen LogP contribution in [0.4, 0.5) is 23.7 Å². The average molecular weight is 544 g/mol. The number of nitrogens with zero attached hydrogens (tertiary/aromatic N) is 2. The van der Waals surface area contributed by atoms with E-state index in [1.54, 1.807) is 50.4 Å². The molecule has 0 heterocycles. The van der Waals surface area contributed by atoms with E-state index < -0.39 is 17.8 Å². The minimum atomic E-state index is -4.42. The van der Waals surface area contributed by atoms with Crippen LogP contribution in [0.15, 0.2) is 90.2 Å². The van der Waals surface area contributed by atoms with Crippen molar-refractivity contribution in [3.8, 4) is 11.5 Å². The van der Waals surface area contributed by atoms with Gasteiger partial charge < -0.3 is 14.3 Å². The minimum absolute atomic E-state index is 0.0956. The van der Waals surface area contributed by atoms with E-state index in [2.05, 4.69) is 17.2 Å². The summed E-state index contributed by atoms with van der Waals surface area (Å²) >= 11 is 0. The molecule has 1 amide bonds. The number of rotatable bonds is 11. The summed E-state index contributed by atoms with van der Waals surface area (Å²) < 4.78 is 48.8. The van der Waals surface area contributed by atoms with E-state index in [-0.39, 0.29) is 12.4 Å². The Labute approximate surface area is 224 Å². The highest BCUT2D eigenvalue weighted by atomic mass is 19.4. The molecule has 39 heavy (non-hydrogen) atoms. The van der Waals surface area contributed by atoms with E-state index in [4.69, 9.17) is 19.1 Å². The molecular formula is C28H28F3N3O5. The number of hydroxylamine groups is 1. The number of carbonyl (C=O) groups excluding carboxylic acids is 1. The Morgan fingerprint density at radius 1 is 1.00 bits per heavy atom. The first-order valence-electron chi connectivity index (χ1n) is 11.8. The fourth-order valence-electron chi connectivity index (χ4n) is 3.38. The number of hydrogen-bond donors (Lipinski definition) is 1. The average Bonchev–Trinajstić information content (AvgIpc) is 2.93. The third kappa shape index (κ3) is 7.99. The number of alkyl halides is 3. The Bertz CT molecular complexity index is 1290. The summed E-state index contributed by atoms with van der Waals surface area (Å²) in [6, 6.07) is 18.3. The SMILES string of the molecule is C=C(NOCc1ccccc1N(C)C(=O)OC)C(=NOCC)c1ccc(Oc2ccc(C(F)(F)F)cc2)cc1. The summed E-state index contributed by atoms with van der Waals surface area (Å²) in [5.74, 6) is 0.673. The second-order valence-electron chi connectivity index (χ2n) is 8.03. The van der Waals surface area contributed by atoms with Crippen LogP contribution in [0.2, 0.25) is 0 Å². The van der Waals surface area contributed by atoms with Crippen molar-refractivity contribution >= 4 is 17.5 Å². The second-order valence-corrected chi connectivity index (χ2v) is 8.03. The van der Waals surface area contributed by atoms with Gasteiger partial charge in [0.2, 0.25) is 0 Å². The Hall–Kier alpha value is -4.51. The molecule has 11 heteroatoms. The van der Waals surface area contributed by atoms with Gasteiger partial charge in [0, 0.05) is 18.2 Å². The van der Waals surface area contributed by atoms with Crippen LogP contribution < -0.4 is 15.1 Å². The van der Waals surface area contributed by atoms with E-state index in [0.717, 1.165) is 17.7 Å². The third-order valence-corrected chi connectivity index (χ3v) is 5.34. The summed E-state index contributed by atoms with van der Waals surface area (Å²) in [4.78, 5) is 24.2. The molecular weight excluding hydrogens is 515 g/mol. The molecule has 0 fully saturated rings. The monoisotopic (exact) mass is 543 g/mol. The second kappa shape index (κ2) is 13.3. The van der Waals surface area contributed by atoms with E-state index in [1.165, 1.54) is 24.1 Å². The van der Waals surface area contributed by atoms with Crippen LogP contribution >= 0.6 is 0 Å². The molecule has 0 aromatic heterocycles. The van der Waals surface area contributed by atoms with Gasteiger partial charge in [0.1, 0.15) is 30.4 Å².